The van der Waals surface area contributed by atoms with Crippen molar-refractivity contribution in [3.05, 3.63) is 24.3 Å². The minimum Gasteiger partial charge on any atom is -0.495 e. The number of anilines is 1. The number of imide groups is 2. The zero-order valence-electron chi connectivity index (χ0n) is 15.3. The van der Waals surface area contributed by atoms with E-state index in [1.165, 1.54) is 18.2 Å². The number of hydrogen-bond donors (Lipinski definition) is 3. The van der Waals surface area contributed by atoms with Crippen molar-refractivity contribution in [2.75, 3.05) is 51.3 Å². The van der Waals surface area contributed by atoms with Crippen LogP contribution < -0.4 is 25.2 Å². The minimum atomic E-state index is -1.13. The number of nitrogens with two attached hydrogens (primary N) is 1. The number of ether oxygens (including phenoxy) is 1. The number of benzene rings is 1. The molecule has 0 spiro atoms. The maximum Gasteiger partial charge on any atom is 0.335 e. The molecule has 2 saturated heterocycles. The summed E-state index contributed by atoms with van der Waals surface area (Å²) in [5.74, 6) is -2.04. The Morgan fingerprint density at radius 2 is 2.04 bits per heavy atom. The fourth-order valence-electron chi connectivity index (χ4n) is 3.30. The molecule has 2 aliphatic heterocycles. The monoisotopic (exact) mass is 375 g/mol. The molecule has 0 bridgehead atoms. The average Bonchev–Trinajstić information content (AvgIpc) is 2.68. The summed E-state index contributed by atoms with van der Waals surface area (Å²) in [6, 6.07) is 5.88. The molecule has 1 atom stereocenters. The van der Waals surface area contributed by atoms with Crippen molar-refractivity contribution in [3.63, 3.8) is 0 Å². The van der Waals surface area contributed by atoms with E-state index in [9.17, 15) is 14.4 Å². The fourth-order valence-corrected chi connectivity index (χ4v) is 3.30. The third-order valence-electron chi connectivity index (χ3n) is 4.78. The van der Waals surface area contributed by atoms with Gasteiger partial charge in [-0.3, -0.25) is 19.9 Å². The van der Waals surface area contributed by atoms with Crippen LogP contribution in [0.5, 0.6) is 5.75 Å². The van der Waals surface area contributed by atoms with E-state index in [2.05, 4.69) is 15.6 Å². The van der Waals surface area contributed by atoms with Gasteiger partial charge in [-0.1, -0.05) is 12.1 Å². The number of rotatable bonds is 6. The Morgan fingerprint density at radius 3 is 2.78 bits per heavy atom. The molecule has 9 nitrogen and oxygen atoms in total. The van der Waals surface area contributed by atoms with E-state index in [1.807, 2.05) is 0 Å². The van der Waals surface area contributed by atoms with E-state index >= 15 is 0 Å². The highest BCUT2D eigenvalue weighted by atomic mass is 16.5. The summed E-state index contributed by atoms with van der Waals surface area (Å²) < 4.78 is 5.23. The van der Waals surface area contributed by atoms with E-state index < -0.39 is 23.8 Å². The number of piperazine rings is 1. The molecule has 2 fully saturated rings. The highest BCUT2D eigenvalue weighted by molar-refractivity contribution is 6.32. The Hall–Kier alpha value is -2.78. The van der Waals surface area contributed by atoms with Crippen molar-refractivity contribution in [1.29, 1.82) is 0 Å². The van der Waals surface area contributed by atoms with Crippen LogP contribution in [0.4, 0.5) is 10.5 Å². The van der Waals surface area contributed by atoms with Gasteiger partial charge in [0.15, 0.2) is 5.92 Å². The van der Waals surface area contributed by atoms with Gasteiger partial charge >= 0.3 is 6.03 Å². The molecule has 3 rings (SSSR count). The highest BCUT2D eigenvalue weighted by Gasteiger charge is 2.41. The first-order chi connectivity index (χ1) is 13.1. The first-order valence-corrected chi connectivity index (χ1v) is 9.09. The van der Waals surface area contributed by atoms with Gasteiger partial charge in [0.05, 0.1) is 25.9 Å². The number of aliphatic imine (C=N–C) groups is 1. The number of methoxy groups -OCH3 is 1. The van der Waals surface area contributed by atoms with Gasteiger partial charge in [-0.15, -0.1) is 0 Å². The van der Waals surface area contributed by atoms with Crippen LogP contribution in [0, 0.1) is 5.92 Å². The summed E-state index contributed by atoms with van der Waals surface area (Å²) in [7, 11) is 1.45. The third kappa shape index (κ3) is 4.32. The fraction of sp³-hybridized carbons (Fsp3) is 0.444. The van der Waals surface area contributed by atoms with Crippen LogP contribution in [0.25, 0.3) is 0 Å². The zero-order valence-corrected chi connectivity index (χ0v) is 15.3. The van der Waals surface area contributed by atoms with Gasteiger partial charge in [0.1, 0.15) is 31.9 Å². The SMILES string of the molecule is COc1ccccc1N1C(=O)NC(=O)[C@H](C=NCC[NH+]2CC[NH2+]CC2)C1=O. The number of urea groups is 1. The van der Waals surface area contributed by atoms with Crippen molar-refractivity contribution in [3.8, 4) is 5.75 Å². The van der Waals surface area contributed by atoms with Crippen LogP contribution in [0.1, 0.15) is 0 Å². The van der Waals surface area contributed by atoms with E-state index in [4.69, 9.17) is 4.74 Å². The molecule has 0 saturated carbocycles. The van der Waals surface area contributed by atoms with Crippen LogP contribution >= 0.6 is 0 Å². The van der Waals surface area contributed by atoms with Crippen molar-refractivity contribution >= 4 is 29.7 Å². The first-order valence-electron chi connectivity index (χ1n) is 9.09. The number of carbonyl (C=O) groups excluding carboxylic acids is 3. The number of hydrogen-bond acceptors (Lipinski definition) is 5. The number of nitrogens with one attached hydrogen (secondary N) is 2. The Balaban J connectivity index is 1.69. The van der Waals surface area contributed by atoms with Gasteiger partial charge in [-0.05, 0) is 12.1 Å². The lowest BCUT2D eigenvalue weighted by Crippen LogP contribution is -3.20. The molecule has 0 aromatic heterocycles. The molecular formula is C18H25N5O4+2. The maximum absolute atomic E-state index is 12.8. The quantitative estimate of drug-likeness (QED) is 0.375. The van der Waals surface area contributed by atoms with Crippen LogP contribution in [-0.2, 0) is 9.59 Å². The molecule has 2 aliphatic rings. The Labute approximate surface area is 157 Å². The van der Waals surface area contributed by atoms with Gasteiger partial charge in [-0.25, -0.2) is 9.69 Å². The van der Waals surface area contributed by atoms with Gasteiger partial charge < -0.3 is 15.0 Å². The maximum atomic E-state index is 12.8. The number of nitrogens with zero attached hydrogens (tertiary/aromatic N) is 2. The van der Waals surface area contributed by atoms with Crippen LogP contribution in [0.2, 0.25) is 0 Å². The summed E-state index contributed by atoms with van der Waals surface area (Å²) in [6.07, 6.45) is 1.35. The molecule has 9 heteroatoms. The van der Waals surface area contributed by atoms with Crippen molar-refractivity contribution in [1.82, 2.24) is 5.32 Å². The third-order valence-corrected chi connectivity index (χ3v) is 4.78. The normalized spacial score (nSPS) is 21.6. The standard InChI is InChI=1S/C18H23N5O4/c1-27-15-5-3-2-4-14(15)23-17(25)13(16(24)21-18(23)26)12-20-8-11-22-9-6-19-7-10-22/h2-5,12-13,19H,6-11H2,1H3,(H,21,24,26)/p+2/t13-/m0/s1. The van der Waals surface area contributed by atoms with E-state index in [1.54, 1.807) is 24.3 Å². The summed E-state index contributed by atoms with van der Waals surface area (Å²) in [5, 5.41) is 4.51. The molecule has 0 radical (unpaired) electrons. The molecule has 1 aromatic carbocycles. The summed E-state index contributed by atoms with van der Waals surface area (Å²) >= 11 is 0. The Morgan fingerprint density at radius 1 is 1.30 bits per heavy atom. The van der Waals surface area contributed by atoms with E-state index in [-0.39, 0.29) is 0 Å². The number of para-hydroxylation sites is 2. The van der Waals surface area contributed by atoms with Crippen LogP contribution in [0.3, 0.4) is 0 Å². The summed E-state index contributed by atoms with van der Waals surface area (Å²) in [5.41, 5.74) is 0.294. The lowest BCUT2D eigenvalue weighted by Gasteiger charge is -2.29. The number of amides is 4. The first kappa shape index (κ1) is 19.0. The van der Waals surface area contributed by atoms with Crippen LogP contribution in [0.15, 0.2) is 29.3 Å². The van der Waals surface area contributed by atoms with Crippen molar-refractivity contribution < 1.29 is 29.3 Å². The van der Waals surface area contributed by atoms with Crippen LogP contribution in [-0.4, -0.2) is 70.4 Å². The Bertz CT molecular complexity index is 745. The smallest absolute Gasteiger partial charge is 0.335 e. The molecule has 144 valence electrons. The van der Waals surface area contributed by atoms with Gasteiger partial charge in [-0.2, -0.15) is 0 Å². The summed E-state index contributed by atoms with van der Waals surface area (Å²) in [4.78, 5) is 43.8. The minimum absolute atomic E-state index is 0.294. The van der Waals surface area contributed by atoms with Gasteiger partial charge in [0, 0.05) is 6.21 Å². The predicted molar refractivity (Wildman–Crippen MR) is 98.1 cm³/mol. The summed E-state index contributed by atoms with van der Waals surface area (Å²) in [6.45, 7) is 5.80. The molecule has 4 amide bonds. The Kier molecular flexibility index (Phi) is 6.15. The molecule has 0 aliphatic carbocycles. The largest absolute Gasteiger partial charge is 0.495 e. The van der Waals surface area contributed by atoms with E-state index in [0.717, 1.165) is 37.6 Å². The predicted octanol–water partition coefficient (Wildman–Crippen LogP) is -2.57. The number of carbonyl (C=O) groups is 3. The van der Waals surface area contributed by atoms with Gasteiger partial charge in [0.2, 0.25) is 5.91 Å². The molecule has 0 unspecified atom stereocenters. The van der Waals surface area contributed by atoms with Gasteiger partial charge in [0.25, 0.3) is 5.91 Å². The highest BCUT2D eigenvalue weighted by Crippen LogP contribution is 2.30. The molecule has 4 N–H and O–H groups in total. The molecule has 2 heterocycles. The lowest BCUT2D eigenvalue weighted by atomic mass is 10.1. The topological polar surface area (TPSA) is 109 Å². The van der Waals surface area contributed by atoms with Crippen molar-refractivity contribution in [2.45, 2.75) is 0 Å². The second-order valence-electron chi connectivity index (χ2n) is 6.54. The molecule has 1 aromatic rings. The number of quaternary nitrogens is 2. The lowest BCUT2D eigenvalue weighted by molar-refractivity contribution is -0.945. The average molecular weight is 375 g/mol. The second-order valence-corrected chi connectivity index (χ2v) is 6.54. The van der Waals surface area contributed by atoms with E-state index in [0.29, 0.717) is 18.0 Å². The second kappa shape index (κ2) is 8.74. The molecular weight excluding hydrogens is 350 g/mol. The number of barbiturate groups is 1. The van der Waals surface area contributed by atoms with Crippen molar-refractivity contribution in [2.24, 2.45) is 10.9 Å². The zero-order chi connectivity index (χ0) is 19.2. The molecule has 27 heavy (non-hydrogen) atoms.